The Morgan fingerprint density at radius 2 is 1.92 bits per heavy atom. The molecule has 5 nitrogen and oxygen atoms in total. The molecule has 1 aliphatic rings. The maximum Gasteiger partial charge on any atom is 0.335 e. The highest BCUT2D eigenvalue weighted by Crippen LogP contribution is 2.38. The van der Waals surface area contributed by atoms with Gasteiger partial charge in [-0.2, -0.15) is 0 Å². The molecule has 0 spiro atoms. The fourth-order valence-electron chi connectivity index (χ4n) is 2.78. The molecular weight excluding hydrogens is 342 g/mol. The van der Waals surface area contributed by atoms with Crippen molar-refractivity contribution in [1.29, 1.82) is 0 Å². The zero-order valence-electron chi connectivity index (χ0n) is 13.9. The monoisotopic (exact) mass is 359 g/mol. The Hall–Kier alpha value is -2.53. The van der Waals surface area contributed by atoms with Crippen LogP contribution in [0.4, 0.5) is 5.69 Å². The molecule has 3 rings (SSSR count). The number of rotatable bonds is 4. The SMILES string of the molecule is CC(C)C1Oc2ccc(Cl)cc2N(Cc2ccc(C(=O)O)cc2)C1=O. The topological polar surface area (TPSA) is 66.8 Å². The first-order valence-electron chi connectivity index (χ1n) is 7.96. The molecule has 0 saturated heterocycles. The Balaban J connectivity index is 1.96. The van der Waals surface area contributed by atoms with Crippen LogP contribution in [0.3, 0.4) is 0 Å². The lowest BCUT2D eigenvalue weighted by Gasteiger charge is -2.36. The van der Waals surface area contributed by atoms with Crippen LogP contribution < -0.4 is 9.64 Å². The van der Waals surface area contributed by atoms with Gasteiger partial charge in [-0.3, -0.25) is 4.79 Å². The standard InChI is InChI=1S/C19H18ClNO4/c1-11(2)17-18(22)21(15-9-14(20)7-8-16(15)25-17)10-12-3-5-13(6-4-12)19(23)24/h3-9,11,17H,10H2,1-2H3,(H,23,24). The number of ether oxygens (including phenoxy) is 1. The van der Waals surface area contributed by atoms with Crippen molar-refractivity contribution in [2.75, 3.05) is 4.90 Å². The van der Waals surface area contributed by atoms with Gasteiger partial charge in [0.05, 0.1) is 17.8 Å². The molecule has 2 aromatic rings. The number of carbonyl (C=O) groups is 2. The van der Waals surface area contributed by atoms with Crippen LogP contribution in [0.15, 0.2) is 42.5 Å². The van der Waals surface area contributed by atoms with E-state index in [0.29, 0.717) is 23.0 Å². The lowest BCUT2D eigenvalue weighted by Crippen LogP contribution is -2.48. The molecule has 2 aromatic carbocycles. The highest BCUT2D eigenvalue weighted by molar-refractivity contribution is 6.31. The van der Waals surface area contributed by atoms with Gasteiger partial charge < -0.3 is 14.7 Å². The zero-order valence-corrected chi connectivity index (χ0v) is 14.7. The van der Waals surface area contributed by atoms with E-state index < -0.39 is 12.1 Å². The van der Waals surface area contributed by atoms with E-state index in [2.05, 4.69) is 0 Å². The number of hydrogen-bond donors (Lipinski definition) is 1. The fourth-order valence-corrected chi connectivity index (χ4v) is 2.95. The van der Waals surface area contributed by atoms with E-state index in [1.54, 1.807) is 35.2 Å². The van der Waals surface area contributed by atoms with Crippen LogP contribution in [-0.2, 0) is 11.3 Å². The molecule has 1 N–H and O–H groups in total. The van der Waals surface area contributed by atoms with Crippen molar-refractivity contribution in [2.45, 2.75) is 26.5 Å². The van der Waals surface area contributed by atoms with Crippen molar-refractivity contribution in [3.8, 4) is 5.75 Å². The maximum atomic E-state index is 12.9. The minimum absolute atomic E-state index is 0.0215. The smallest absolute Gasteiger partial charge is 0.335 e. The quantitative estimate of drug-likeness (QED) is 0.896. The minimum Gasteiger partial charge on any atom is -0.478 e. The molecule has 0 aliphatic carbocycles. The molecule has 1 aliphatic heterocycles. The molecule has 0 fully saturated rings. The van der Waals surface area contributed by atoms with Gasteiger partial charge in [0.1, 0.15) is 5.75 Å². The third-order valence-corrected chi connectivity index (χ3v) is 4.36. The summed E-state index contributed by atoms with van der Waals surface area (Å²) in [5.41, 5.74) is 1.66. The average molecular weight is 360 g/mol. The molecular formula is C19H18ClNO4. The summed E-state index contributed by atoms with van der Waals surface area (Å²) >= 11 is 6.09. The number of halogens is 1. The second-order valence-electron chi connectivity index (χ2n) is 6.32. The Morgan fingerprint density at radius 1 is 1.24 bits per heavy atom. The van der Waals surface area contributed by atoms with Gasteiger partial charge in [-0.25, -0.2) is 4.79 Å². The molecule has 1 heterocycles. The maximum absolute atomic E-state index is 12.9. The van der Waals surface area contributed by atoms with Crippen LogP contribution in [0.25, 0.3) is 0 Å². The van der Waals surface area contributed by atoms with Crippen LogP contribution in [-0.4, -0.2) is 23.1 Å². The van der Waals surface area contributed by atoms with Gasteiger partial charge in [0, 0.05) is 5.02 Å². The summed E-state index contributed by atoms with van der Waals surface area (Å²) in [6.07, 6.45) is -0.563. The van der Waals surface area contributed by atoms with Crippen molar-refractivity contribution in [1.82, 2.24) is 0 Å². The van der Waals surface area contributed by atoms with Crippen molar-refractivity contribution in [2.24, 2.45) is 5.92 Å². The van der Waals surface area contributed by atoms with Gasteiger partial charge >= 0.3 is 5.97 Å². The van der Waals surface area contributed by atoms with Gasteiger partial charge in [0.15, 0.2) is 6.10 Å². The van der Waals surface area contributed by atoms with E-state index in [4.69, 9.17) is 21.4 Å². The molecule has 0 radical (unpaired) electrons. The van der Waals surface area contributed by atoms with Crippen molar-refractivity contribution in [3.05, 3.63) is 58.6 Å². The van der Waals surface area contributed by atoms with E-state index >= 15 is 0 Å². The molecule has 1 atom stereocenters. The van der Waals surface area contributed by atoms with Crippen molar-refractivity contribution < 1.29 is 19.4 Å². The van der Waals surface area contributed by atoms with Crippen molar-refractivity contribution >= 4 is 29.2 Å². The van der Waals surface area contributed by atoms with Crippen LogP contribution in [0, 0.1) is 5.92 Å². The first-order chi connectivity index (χ1) is 11.9. The molecule has 1 amide bonds. The van der Waals surface area contributed by atoms with Crippen LogP contribution in [0.5, 0.6) is 5.75 Å². The normalized spacial score (nSPS) is 16.6. The number of hydrogen-bond acceptors (Lipinski definition) is 3. The van der Waals surface area contributed by atoms with Gasteiger partial charge in [-0.15, -0.1) is 0 Å². The Bertz CT molecular complexity index is 817. The Morgan fingerprint density at radius 3 is 2.52 bits per heavy atom. The van der Waals surface area contributed by atoms with E-state index in [0.717, 1.165) is 5.56 Å². The zero-order chi connectivity index (χ0) is 18.1. The first-order valence-corrected chi connectivity index (χ1v) is 8.34. The number of benzene rings is 2. The number of carboxylic acid groups (broad SMARTS) is 1. The van der Waals surface area contributed by atoms with Crippen LogP contribution in [0.2, 0.25) is 5.02 Å². The van der Waals surface area contributed by atoms with E-state index in [-0.39, 0.29) is 17.4 Å². The van der Waals surface area contributed by atoms with E-state index in [1.165, 1.54) is 12.1 Å². The number of fused-ring (bicyclic) bond motifs is 1. The lowest BCUT2D eigenvalue weighted by atomic mass is 10.0. The van der Waals surface area contributed by atoms with Gasteiger partial charge in [0.2, 0.25) is 0 Å². The highest BCUT2D eigenvalue weighted by atomic mass is 35.5. The molecule has 0 aromatic heterocycles. The molecule has 6 heteroatoms. The highest BCUT2D eigenvalue weighted by Gasteiger charge is 2.36. The van der Waals surface area contributed by atoms with Gasteiger partial charge in [-0.1, -0.05) is 37.6 Å². The second kappa shape index (κ2) is 6.76. The Kier molecular flexibility index (Phi) is 4.68. The second-order valence-corrected chi connectivity index (χ2v) is 6.76. The number of carbonyl (C=O) groups excluding carboxylic acids is 1. The summed E-state index contributed by atoms with van der Waals surface area (Å²) in [5, 5.41) is 9.52. The Labute approximate surface area is 150 Å². The summed E-state index contributed by atoms with van der Waals surface area (Å²) in [5.74, 6) is -0.476. The largest absolute Gasteiger partial charge is 0.478 e. The number of nitrogens with zero attached hydrogens (tertiary/aromatic N) is 1. The number of amides is 1. The van der Waals surface area contributed by atoms with Crippen LogP contribution >= 0.6 is 11.6 Å². The van der Waals surface area contributed by atoms with Crippen LogP contribution in [0.1, 0.15) is 29.8 Å². The summed E-state index contributed by atoms with van der Waals surface area (Å²) in [6.45, 7) is 4.19. The molecule has 0 bridgehead atoms. The third-order valence-electron chi connectivity index (χ3n) is 4.12. The minimum atomic E-state index is -0.981. The van der Waals surface area contributed by atoms with Crippen molar-refractivity contribution in [3.63, 3.8) is 0 Å². The molecule has 0 saturated carbocycles. The van der Waals surface area contributed by atoms with Gasteiger partial charge in [0.25, 0.3) is 5.91 Å². The number of aromatic carboxylic acids is 1. The first kappa shape index (κ1) is 17.3. The number of carboxylic acids is 1. The predicted molar refractivity (Wildman–Crippen MR) is 95.3 cm³/mol. The lowest BCUT2D eigenvalue weighted by molar-refractivity contribution is -0.128. The third kappa shape index (κ3) is 3.46. The summed E-state index contributed by atoms with van der Waals surface area (Å²) in [7, 11) is 0. The molecule has 25 heavy (non-hydrogen) atoms. The van der Waals surface area contributed by atoms with E-state index in [1.807, 2.05) is 13.8 Å². The summed E-state index contributed by atoms with van der Waals surface area (Å²) in [4.78, 5) is 25.5. The fraction of sp³-hybridized carbons (Fsp3) is 0.263. The number of anilines is 1. The molecule has 130 valence electrons. The average Bonchev–Trinajstić information content (AvgIpc) is 2.57. The predicted octanol–water partition coefficient (Wildman–Crippen LogP) is 3.99. The van der Waals surface area contributed by atoms with Gasteiger partial charge in [-0.05, 0) is 41.8 Å². The van der Waals surface area contributed by atoms with E-state index in [9.17, 15) is 9.59 Å². The summed E-state index contributed by atoms with van der Waals surface area (Å²) < 4.78 is 5.85. The summed E-state index contributed by atoms with van der Waals surface area (Å²) in [6, 6.07) is 11.7. The molecule has 1 unspecified atom stereocenters.